The Labute approximate surface area is 230 Å². The smallest absolute Gasteiger partial charge is 0.230 e. The Morgan fingerprint density at radius 2 is 1.93 bits per heavy atom. The van der Waals surface area contributed by atoms with Crippen LogP contribution in [0.5, 0.6) is 5.75 Å². The van der Waals surface area contributed by atoms with Gasteiger partial charge in [0.1, 0.15) is 11.7 Å². The number of aliphatic hydroxyl groups is 2. The molecule has 40 heavy (non-hydrogen) atoms. The third kappa shape index (κ3) is 3.91. The van der Waals surface area contributed by atoms with Gasteiger partial charge in [-0.15, -0.1) is 0 Å². The van der Waals surface area contributed by atoms with Crippen molar-refractivity contribution in [1.29, 1.82) is 0 Å². The van der Waals surface area contributed by atoms with Gasteiger partial charge in [0.25, 0.3) is 0 Å². The zero-order chi connectivity index (χ0) is 29.3. The van der Waals surface area contributed by atoms with E-state index in [0.29, 0.717) is 11.3 Å². The van der Waals surface area contributed by atoms with Crippen LogP contribution in [-0.4, -0.2) is 99.6 Å². The van der Waals surface area contributed by atoms with Gasteiger partial charge in [-0.05, 0) is 50.6 Å². The molecule has 1 aromatic carbocycles. The monoisotopic (exact) mass is 554 g/mol. The standard InChI is InChI=1S/C27H34N6O7/c1-32(2)16-9-15(29-10-12-5-6-30-31-12)21(34)18-13(16)7-11-8-14-20(33(3)4)23(36)19(26(28)39)25(38)27(14,40)24(37)17(11)22(18)35/h5-6,9,11,14,17,19-20,23,29,34,36,40H,7-8,10H2,1-4H3,(H2,28,39)(H,30,31)/t11-,14-,17?,19?,20?,23?,27-/m0/s1. The van der Waals surface area contributed by atoms with E-state index in [-0.39, 0.29) is 36.4 Å². The van der Waals surface area contributed by atoms with Gasteiger partial charge in [-0.1, -0.05) is 0 Å². The lowest BCUT2D eigenvalue weighted by Gasteiger charge is -2.55. The number of nitrogens with one attached hydrogen (secondary N) is 2. The van der Waals surface area contributed by atoms with Crippen LogP contribution >= 0.6 is 0 Å². The number of nitrogens with zero attached hydrogens (tertiary/aromatic N) is 3. The molecule has 0 saturated heterocycles. The van der Waals surface area contributed by atoms with E-state index < -0.39 is 64.7 Å². The SMILES string of the molecule is CN(C)c1cc(NCc2ccn[nH]2)c(O)c2c1C[C@H]1C[C@H]3C(N(C)C)C(O)C(C(N)=O)C(=O)[C@@]3(O)C(=O)C1C2=O. The van der Waals surface area contributed by atoms with Gasteiger partial charge >= 0.3 is 0 Å². The lowest BCUT2D eigenvalue weighted by atomic mass is 9.52. The lowest BCUT2D eigenvalue weighted by Crippen LogP contribution is -2.75. The van der Waals surface area contributed by atoms with Crippen molar-refractivity contribution in [1.82, 2.24) is 15.1 Å². The molecule has 4 unspecified atom stereocenters. The first-order valence-electron chi connectivity index (χ1n) is 13.1. The summed E-state index contributed by atoms with van der Waals surface area (Å²) in [6, 6.07) is 2.53. The van der Waals surface area contributed by atoms with Crippen LogP contribution in [0, 0.1) is 23.7 Å². The Bertz CT molecular complexity index is 1390. The van der Waals surface area contributed by atoms with Crippen molar-refractivity contribution in [2.24, 2.45) is 29.4 Å². The molecule has 214 valence electrons. The number of aromatic nitrogens is 2. The van der Waals surface area contributed by atoms with E-state index in [1.807, 2.05) is 4.90 Å². The second-order valence-corrected chi connectivity index (χ2v) is 11.4. The molecule has 3 aliphatic carbocycles. The number of nitrogens with two attached hydrogens (primary N) is 1. The van der Waals surface area contributed by atoms with Crippen LogP contribution in [-0.2, 0) is 27.3 Å². The number of aliphatic hydroxyl groups excluding tert-OH is 1. The van der Waals surface area contributed by atoms with Crippen LogP contribution in [0.1, 0.15) is 28.0 Å². The first-order valence-corrected chi connectivity index (χ1v) is 13.1. The van der Waals surface area contributed by atoms with Gasteiger partial charge in [-0.3, -0.25) is 24.3 Å². The average Bonchev–Trinajstić information content (AvgIpc) is 3.39. The normalized spacial score (nSPS) is 31.4. The quantitative estimate of drug-likeness (QED) is 0.190. The van der Waals surface area contributed by atoms with Gasteiger partial charge in [0, 0.05) is 37.9 Å². The molecule has 1 heterocycles. The minimum atomic E-state index is -2.70. The summed E-state index contributed by atoms with van der Waals surface area (Å²) in [6.07, 6.45) is 0.324. The van der Waals surface area contributed by atoms with E-state index in [9.17, 15) is 34.5 Å². The fourth-order valence-electron chi connectivity index (χ4n) is 6.98. The molecule has 2 saturated carbocycles. The van der Waals surface area contributed by atoms with Crippen LogP contribution in [0.2, 0.25) is 0 Å². The van der Waals surface area contributed by atoms with Crippen molar-refractivity contribution in [2.75, 3.05) is 38.4 Å². The molecule has 0 aliphatic heterocycles. The summed E-state index contributed by atoms with van der Waals surface area (Å²) in [5.41, 5.74) is 4.91. The average molecular weight is 555 g/mol. The number of carbonyl (C=O) groups is 4. The third-order valence-corrected chi connectivity index (χ3v) is 8.78. The van der Waals surface area contributed by atoms with E-state index in [1.54, 1.807) is 51.4 Å². The van der Waals surface area contributed by atoms with E-state index in [4.69, 9.17) is 5.73 Å². The van der Waals surface area contributed by atoms with Crippen molar-refractivity contribution in [3.63, 3.8) is 0 Å². The van der Waals surface area contributed by atoms with Gasteiger partial charge in [0.05, 0.1) is 35.5 Å². The van der Waals surface area contributed by atoms with Crippen LogP contribution in [0.4, 0.5) is 11.4 Å². The third-order valence-electron chi connectivity index (χ3n) is 8.78. The summed E-state index contributed by atoms with van der Waals surface area (Å²) in [5.74, 6) is -9.33. The molecule has 2 fully saturated rings. The Morgan fingerprint density at radius 1 is 1.23 bits per heavy atom. The molecule has 7 N–H and O–H groups in total. The topological polar surface area (TPSA) is 202 Å². The molecule has 7 atom stereocenters. The molecule has 13 nitrogen and oxygen atoms in total. The number of hydrogen-bond donors (Lipinski definition) is 6. The molecule has 0 radical (unpaired) electrons. The Morgan fingerprint density at radius 3 is 2.50 bits per heavy atom. The predicted octanol–water partition coefficient (Wildman–Crippen LogP) is -0.940. The maximum absolute atomic E-state index is 14.0. The summed E-state index contributed by atoms with van der Waals surface area (Å²) in [6.45, 7) is 0.275. The highest BCUT2D eigenvalue weighted by Crippen LogP contribution is 2.53. The Hall–Kier alpha value is -3.81. The van der Waals surface area contributed by atoms with Gasteiger partial charge in [-0.2, -0.15) is 5.10 Å². The largest absolute Gasteiger partial charge is 0.505 e. The molecule has 3 aliphatic rings. The van der Waals surface area contributed by atoms with Gasteiger partial charge in [0.2, 0.25) is 5.91 Å². The minimum absolute atomic E-state index is 0.0473. The Balaban J connectivity index is 1.61. The number of phenols is 1. The predicted molar refractivity (Wildman–Crippen MR) is 143 cm³/mol. The van der Waals surface area contributed by atoms with Crippen LogP contribution in [0.15, 0.2) is 18.3 Å². The lowest BCUT2D eigenvalue weighted by molar-refractivity contribution is -0.190. The molecule has 0 bridgehead atoms. The number of ketones is 3. The number of amides is 1. The number of anilines is 2. The summed E-state index contributed by atoms with van der Waals surface area (Å²) < 4.78 is 0. The molecule has 1 amide bonds. The molecular weight excluding hydrogens is 520 g/mol. The van der Waals surface area contributed by atoms with Crippen molar-refractivity contribution in [3.05, 3.63) is 35.2 Å². The number of carbonyl (C=O) groups excluding carboxylic acids is 4. The van der Waals surface area contributed by atoms with Crippen LogP contribution in [0.3, 0.4) is 0 Å². The minimum Gasteiger partial charge on any atom is -0.505 e. The second-order valence-electron chi connectivity index (χ2n) is 11.4. The summed E-state index contributed by atoms with van der Waals surface area (Å²) in [4.78, 5) is 57.1. The number of H-pyrrole nitrogens is 1. The van der Waals surface area contributed by atoms with Crippen molar-refractivity contribution >= 4 is 34.6 Å². The zero-order valence-corrected chi connectivity index (χ0v) is 22.7. The van der Waals surface area contributed by atoms with Crippen LogP contribution < -0.4 is 16.0 Å². The number of hydrogen-bond acceptors (Lipinski definition) is 11. The zero-order valence-electron chi connectivity index (χ0n) is 22.7. The number of rotatable bonds is 6. The van der Waals surface area contributed by atoms with Crippen LogP contribution in [0.25, 0.3) is 0 Å². The second kappa shape index (κ2) is 9.68. The van der Waals surface area contributed by atoms with Crippen molar-refractivity contribution < 1.29 is 34.5 Å². The highest BCUT2D eigenvalue weighted by Gasteiger charge is 2.69. The summed E-state index contributed by atoms with van der Waals surface area (Å²) in [7, 11) is 6.82. The fourth-order valence-corrected chi connectivity index (χ4v) is 6.98. The number of benzene rings is 1. The summed E-state index contributed by atoms with van der Waals surface area (Å²) >= 11 is 0. The Kier molecular flexibility index (Phi) is 6.71. The van der Waals surface area contributed by atoms with E-state index in [1.165, 1.54) is 0 Å². The van der Waals surface area contributed by atoms with Gasteiger partial charge in [0.15, 0.2) is 23.0 Å². The fraction of sp³-hybridized carbons (Fsp3) is 0.519. The number of primary amides is 1. The number of Topliss-reactive ketones (excluding diaryl/α,β-unsaturated/α-hetero) is 3. The molecular formula is C27H34N6O7. The first-order chi connectivity index (χ1) is 18.8. The molecule has 0 spiro atoms. The first kappa shape index (κ1) is 27.7. The number of likely N-dealkylation sites (N-methyl/N-ethyl adjacent to an activating group) is 1. The maximum atomic E-state index is 14.0. The number of aromatic amines is 1. The molecule has 2 aromatic rings. The number of fused-ring (bicyclic) bond motifs is 3. The van der Waals surface area contributed by atoms with E-state index >= 15 is 0 Å². The highest BCUT2D eigenvalue weighted by molar-refractivity contribution is 6.26. The van der Waals surface area contributed by atoms with Crippen molar-refractivity contribution in [2.45, 2.75) is 37.1 Å². The number of phenolic OH excluding ortho intramolecular Hbond substituents is 1. The number of aromatic hydroxyl groups is 1. The highest BCUT2D eigenvalue weighted by atomic mass is 16.3. The van der Waals surface area contributed by atoms with E-state index in [2.05, 4.69) is 15.5 Å². The summed E-state index contributed by atoms with van der Waals surface area (Å²) in [5, 5.41) is 43.8. The van der Waals surface area contributed by atoms with E-state index in [0.717, 1.165) is 5.69 Å². The van der Waals surface area contributed by atoms with Crippen molar-refractivity contribution in [3.8, 4) is 5.75 Å². The molecule has 1 aromatic heterocycles. The van der Waals surface area contributed by atoms with Gasteiger partial charge < -0.3 is 36.2 Å². The molecule has 5 rings (SSSR count). The molecule has 13 heteroatoms. The van der Waals surface area contributed by atoms with Gasteiger partial charge in [-0.25, -0.2) is 0 Å². The maximum Gasteiger partial charge on any atom is 0.230 e.